The fourth-order valence-corrected chi connectivity index (χ4v) is 1.59. The topological polar surface area (TPSA) is 144 Å². The van der Waals surface area contributed by atoms with Crippen LogP contribution in [0.25, 0.3) is 5.53 Å². The molecule has 0 aromatic carbocycles. The summed E-state index contributed by atoms with van der Waals surface area (Å²) in [6, 6.07) is -1.15. The Bertz CT molecular complexity index is 577. The number of hydrogen-bond donors (Lipinski definition) is 1. The number of amides is 1. The SMILES string of the molecule is CCOC(=O)[C@H](CCC(=O)C=[N+]=[N-])NC(=O)OC(C)OC(=O)C(C)(C)C. The molecule has 0 aliphatic heterocycles. The molecule has 0 fully saturated rings. The van der Waals surface area contributed by atoms with Gasteiger partial charge in [-0.3, -0.25) is 9.59 Å². The first-order chi connectivity index (χ1) is 12.0. The number of ketones is 1. The average molecular weight is 371 g/mol. The summed E-state index contributed by atoms with van der Waals surface area (Å²) in [5, 5.41) is 2.26. The Hall–Kier alpha value is -2.74. The molecular formula is C16H25N3O7. The van der Waals surface area contributed by atoms with E-state index >= 15 is 0 Å². The van der Waals surface area contributed by atoms with Crippen LogP contribution in [0.5, 0.6) is 0 Å². The number of alkyl carbamates (subject to hydrolysis) is 1. The second kappa shape index (κ2) is 11.0. The number of rotatable bonds is 9. The fourth-order valence-electron chi connectivity index (χ4n) is 1.59. The van der Waals surface area contributed by atoms with Gasteiger partial charge in [0.05, 0.1) is 12.0 Å². The van der Waals surface area contributed by atoms with Crippen molar-refractivity contribution >= 4 is 30.0 Å². The molecule has 1 amide bonds. The van der Waals surface area contributed by atoms with E-state index in [-0.39, 0.29) is 19.4 Å². The number of nitrogens with zero attached hydrogens (tertiary/aromatic N) is 2. The summed E-state index contributed by atoms with van der Waals surface area (Å²) >= 11 is 0. The van der Waals surface area contributed by atoms with Crippen molar-refractivity contribution < 1.29 is 38.2 Å². The van der Waals surface area contributed by atoms with Gasteiger partial charge in [0.2, 0.25) is 12.1 Å². The van der Waals surface area contributed by atoms with Gasteiger partial charge in [-0.2, -0.15) is 4.79 Å². The van der Waals surface area contributed by atoms with Gasteiger partial charge < -0.3 is 25.1 Å². The van der Waals surface area contributed by atoms with Gasteiger partial charge in [-0.1, -0.05) is 0 Å². The molecule has 0 aliphatic rings. The number of Topliss-reactive ketones (excluding diaryl/α,β-unsaturated/α-hetero) is 1. The van der Waals surface area contributed by atoms with Crippen molar-refractivity contribution in [3.8, 4) is 0 Å². The quantitative estimate of drug-likeness (QED) is 0.211. The van der Waals surface area contributed by atoms with Gasteiger partial charge in [0.15, 0.2) is 0 Å². The third-order valence-electron chi connectivity index (χ3n) is 2.90. The minimum Gasteiger partial charge on any atom is -0.464 e. The molecule has 2 atom stereocenters. The lowest BCUT2D eigenvalue weighted by Crippen LogP contribution is -2.44. The Morgan fingerprint density at radius 2 is 1.81 bits per heavy atom. The van der Waals surface area contributed by atoms with E-state index in [1.807, 2.05) is 0 Å². The minimum absolute atomic E-state index is 0.0811. The van der Waals surface area contributed by atoms with Crippen molar-refractivity contribution in [2.75, 3.05) is 6.61 Å². The highest BCUT2D eigenvalue weighted by Gasteiger charge is 2.28. The normalized spacial score (nSPS) is 12.8. The van der Waals surface area contributed by atoms with Crippen molar-refractivity contribution in [1.82, 2.24) is 5.32 Å². The largest absolute Gasteiger partial charge is 0.464 e. The first-order valence-corrected chi connectivity index (χ1v) is 8.06. The molecule has 10 nitrogen and oxygen atoms in total. The maximum atomic E-state index is 11.9. The molecule has 0 heterocycles. The molecule has 0 bridgehead atoms. The van der Waals surface area contributed by atoms with Crippen molar-refractivity contribution in [1.29, 1.82) is 0 Å². The smallest absolute Gasteiger partial charge is 0.410 e. The van der Waals surface area contributed by atoms with E-state index in [4.69, 9.17) is 19.7 Å². The highest BCUT2D eigenvalue weighted by molar-refractivity contribution is 6.25. The summed E-state index contributed by atoms with van der Waals surface area (Å²) in [5.41, 5.74) is 7.53. The van der Waals surface area contributed by atoms with Crippen LogP contribution in [0.15, 0.2) is 0 Å². The van der Waals surface area contributed by atoms with Crippen LogP contribution >= 0.6 is 0 Å². The van der Waals surface area contributed by atoms with Crippen molar-refractivity contribution in [3.63, 3.8) is 0 Å². The number of carbonyl (C=O) groups excluding carboxylic acids is 4. The zero-order chi connectivity index (χ0) is 20.3. The summed E-state index contributed by atoms with van der Waals surface area (Å²) < 4.78 is 14.7. The van der Waals surface area contributed by atoms with Crippen LogP contribution < -0.4 is 5.32 Å². The minimum atomic E-state index is -1.17. The molecule has 10 heteroatoms. The maximum absolute atomic E-state index is 11.9. The number of ether oxygens (including phenoxy) is 3. The molecule has 0 aliphatic carbocycles. The van der Waals surface area contributed by atoms with E-state index in [0.29, 0.717) is 6.21 Å². The molecule has 146 valence electrons. The van der Waals surface area contributed by atoms with Crippen LogP contribution in [0.1, 0.15) is 47.5 Å². The second-order valence-corrected chi connectivity index (χ2v) is 6.33. The highest BCUT2D eigenvalue weighted by atomic mass is 16.7. The Kier molecular flexibility index (Phi) is 9.83. The van der Waals surface area contributed by atoms with Gasteiger partial charge in [0.25, 0.3) is 0 Å². The predicted molar refractivity (Wildman–Crippen MR) is 89.0 cm³/mol. The number of esters is 2. The lowest BCUT2D eigenvalue weighted by Gasteiger charge is -2.22. The molecule has 26 heavy (non-hydrogen) atoms. The number of nitrogens with one attached hydrogen (secondary N) is 1. The van der Waals surface area contributed by atoms with Crippen LogP contribution in [0.4, 0.5) is 4.79 Å². The zero-order valence-corrected chi connectivity index (χ0v) is 15.6. The number of carbonyl (C=O) groups is 4. The lowest BCUT2D eigenvalue weighted by molar-refractivity contribution is -0.174. The van der Waals surface area contributed by atoms with E-state index in [1.54, 1.807) is 27.7 Å². The van der Waals surface area contributed by atoms with E-state index in [9.17, 15) is 19.2 Å². The van der Waals surface area contributed by atoms with Crippen molar-refractivity contribution in [2.24, 2.45) is 5.41 Å². The molecule has 0 spiro atoms. The van der Waals surface area contributed by atoms with Crippen molar-refractivity contribution in [2.45, 2.75) is 59.8 Å². The maximum Gasteiger partial charge on any atom is 0.410 e. The Labute approximate surface area is 151 Å². The predicted octanol–water partition coefficient (Wildman–Crippen LogP) is 1.23. The monoisotopic (exact) mass is 371 g/mol. The van der Waals surface area contributed by atoms with Gasteiger partial charge in [0, 0.05) is 13.3 Å². The molecule has 1 N–H and O–H groups in total. The summed E-state index contributed by atoms with van der Waals surface area (Å²) in [7, 11) is 0. The van der Waals surface area contributed by atoms with Gasteiger partial charge in [0.1, 0.15) is 6.04 Å². The average Bonchev–Trinajstić information content (AvgIpc) is 2.50. The Morgan fingerprint density at radius 1 is 1.19 bits per heavy atom. The molecule has 0 rings (SSSR count). The highest BCUT2D eigenvalue weighted by Crippen LogP contribution is 2.16. The van der Waals surface area contributed by atoms with Crippen LogP contribution in [-0.2, 0) is 28.6 Å². The lowest BCUT2D eigenvalue weighted by atomic mass is 9.97. The fraction of sp³-hybridized carbons (Fsp3) is 0.688. The first-order valence-electron chi connectivity index (χ1n) is 8.06. The second-order valence-electron chi connectivity index (χ2n) is 6.33. The molecule has 0 saturated heterocycles. The summed E-state index contributed by atoms with van der Waals surface area (Å²) in [5.74, 6) is -1.85. The standard InChI is InChI=1S/C16H25N3O7/c1-6-24-13(21)12(8-7-11(20)9-18-17)19-15(23)26-10(2)25-14(22)16(3,4)5/h9-10,12H,6-8H2,1-5H3,(H,19,23)/t10?,12-/m0/s1. The van der Waals surface area contributed by atoms with Gasteiger partial charge in [-0.25, -0.2) is 9.59 Å². The van der Waals surface area contributed by atoms with Crippen LogP contribution in [0.2, 0.25) is 0 Å². The first kappa shape index (κ1) is 23.3. The molecular weight excluding hydrogens is 346 g/mol. The molecule has 1 unspecified atom stereocenters. The zero-order valence-electron chi connectivity index (χ0n) is 15.6. The third-order valence-corrected chi connectivity index (χ3v) is 2.90. The Balaban J connectivity index is 4.74. The van der Waals surface area contributed by atoms with Crippen LogP contribution in [0.3, 0.4) is 0 Å². The molecule has 0 aromatic heterocycles. The summed E-state index contributed by atoms with van der Waals surface area (Å²) in [4.78, 5) is 49.4. The summed E-state index contributed by atoms with van der Waals surface area (Å²) in [6.45, 7) is 7.95. The van der Waals surface area contributed by atoms with E-state index < -0.39 is 41.6 Å². The van der Waals surface area contributed by atoms with Gasteiger partial charge >= 0.3 is 24.2 Å². The Morgan fingerprint density at radius 3 is 2.31 bits per heavy atom. The third kappa shape index (κ3) is 9.53. The molecule has 0 aromatic rings. The number of hydrogen-bond acceptors (Lipinski definition) is 7. The summed E-state index contributed by atoms with van der Waals surface area (Å²) in [6.07, 6.45) is -1.75. The van der Waals surface area contributed by atoms with E-state index in [2.05, 4.69) is 10.1 Å². The van der Waals surface area contributed by atoms with E-state index in [1.165, 1.54) is 6.92 Å². The molecule has 0 saturated carbocycles. The van der Waals surface area contributed by atoms with Gasteiger partial charge in [-0.15, -0.1) is 0 Å². The van der Waals surface area contributed by atoms with Crippen LogP contribution in [0, 0.1) is 5.41 Å². The van der Waals surface area contributed by atoms with E-state index in [0.717, 1.165) is 0 Å². The van der Waals surface area contributed by atoms with Crippen LogP contribution in [-0.4, -0.2) is 53.8 Å². The van der Waals surface area contributed by atoms with Gasteiger partial charge in [-0.05, 0) is 34.1 Å². The molecule has 0 radical (unpaired) electrons. The van der Waals surface area contributed by atoms with Crippen molar-refractivity contribution in [3.05, 3.63) is 5.53 Å².